The second-order valence-electron chi connectivity index (χ2n) is 6.85. The molecular weight excluding hydrogens is 344 g/mol. The van der Waals surface area contributed by atoms with Gasteiger partial charge in [0.25, 0.3) is 5.91 Å². The summed E-state index contributed by atoms with van der Waals surface area (Å²) in [7, 11) is 0. The van der Waals surface area contributed by atoms with Gasteiger partial charge in [0.1, 0.15) is 5.75 Å². The number of amides is 1. The lowest BCUT2D eigenvalue weighted by Gasteiger charge is -2.15. The van der Waals surface area contributed by atoms with Crippen molar-refractivity contribution in [2.24, 2.45) is 0 Å². The number of hydrogen-bond donors (Lipinski definition) is 1. The fourth-order valence-electron chi connectivity index (χ4n) is 3.24. The summed E-state index contributed by atoms with van der Waals surface area (Å²) in [5.41, 5.74) is 3.02. The number of benzene rings is 1. The van der Waals surface area contributed by atoms with Gasteiger partial charge in [0.15, 0.2) is 6.10 Å². The zero-order chi connectivity index (χ0) is 19.6. The molecule has 1 atom stereocenters. The number of aromatic nitrogens is 1. The lowest BCUT2D eigenvalue weighted by Crippen LogP contribution is -2.30. The average molecular weight is 370 g/mol. The molecule has 1 saturated carbocycles. The van der Waals surface area contributed by atoms with E-state index in [1.54, 1.807) is 19.1 Å². The topological polar surface area (TPSA) is 69.6 Å². The second kappa shape index (κ2) is 7.86. The number of anilines is 1. The Kier molecular flexibility index (Phi) is 5.54. The zero-order valence-corrected chi connectivity index (χ0v) is 16.2. The number of hydrogen-bond acceptors (Lipinski definition) is 4. The third kappa shape index (κ3) is 4.15. The molecule has 1 N–H and O–H groups in total. The van der Waals surface area contributed by atoms with Gasteiger partial charge in [-0.1, -0.05) is 12.1 Å². The summed E-state index contributed by atoms with van der Waals surface area (Å²) in [4.78, 5) is 25.0. The number of carbonyl (C=O) groups is 2. The summed E-state index contributed by atoms with van der Waals surface area (Å²) >= 11 is 0. The Balaban J connectivity index is 1.66. The molecule has 1 aliphatic rings. The van der Waals surface area contributed by atoms with Crippen LogP contribution < -0.4 is 10.1 Å². The van der Waals surface area contributed by atoms with Gasteiger partial charge < -0.3 is 19.4 Å². The first-order valence-electron chi connectivity index (χ1n) is 9.34. The average Bonchev–Trinajstić information content (AvgIpc) is 3.41. The van der Waals surface area contributed by atoms with Gasteiger partial charge in [-0.3, -0.25) is 4.79 Å². The Morgan fingerprint density at radius 2 is 1.96 bits per heavy atom. The zero-order valence-electron chi connectivity index (χ0n) is 16.2. The maximum atomic E-state index is 12.6. The number of rotatable bonds is 7. The maximum absolute atomic E-state index is 12.6. The number of aryl methyl sites for hydroxylation is 1. The standard InChI is InChI=1S/C21H26N2O4/c1-5-26-19-9-7-6-8-18(19)22-20(24)15(4)27-21(25)17-12-13(2)23(14(17)3)16-10-11-16/h6-9,12,15-16H,5,10-11H2,1-4H3,(H,22,24). The molecule has 0 spiro atoms. The summed E-state index contributed by atoms with van der Waals surface area (Å²) in [6, 6.07) is 9.50. The van der Waals surface area contributed by atoms with E-state index < -0.39 is 18.0 Å². The van der Waals surface area contributed by atoms with Crippen molar-refractivity contribution in [3.8, 4) is 5.75 Å². The molecule has 0 bridgehead atoms. The Morgan fingerprint density at radius 1 is 1.26 bits per heavy atom. The molecule has 1 fully saturated rings. The highest BCUT2D eigenvalue weighted by atomic mass is 16.5. The van der Waals surface area contributed by atoms with Crippen LogP contribution in [0.2, 0.25) is 0 Å². The molecule has 2 aromatic rings. The van der Waals surface area contributed by atoms with Crippen molar-refractivity contribution in [2.75, 3.05) is 11.9 Å². The first-order chi connectivity index (χ1) is 12.9. The molecule has 1 aromatic carbocycles. The van der Waals surface area contributed by atoms with Crippen LogP contribution in [0.3, 0.4) is 0 Å². The lowest BCUT2D eigenvalue weighted by atomic mass is 10.2. The van der Waals surface area contributed by atoms with Crippen molar-refractivity contribution < 1.29 is 19.1 Å². The van der Waals surface area contributed by atoms with Crippen molar-refractivity contribution >= 4 is 17.6 Å². The number of nitrogens with one attached hydrogen (secondary N) is 1. The van der Waals surface area contributed by atoms with Gasteiger partial charge >= 0.3 is 5.97 Å². The first kappa shape index (κ1) is 19.0. The van der Waals surface area contributed by atoms with Crippen LogP contribution in [0.5, 0.6) is 5.75 Å². The molecule has 1 amide bonds. The van der Waals surface area contributed by atoms with E-state index in [9.17, 15) is 9.59 Å². The molecule has 6 heteroatoms. The van der Waals surface area contributed by atoms with Crippen molar-refractivity contribution in [1.29, 1.82) is 0 Å². The molecule has 1 aromatic heterocycles. The molecule has 0 saturated heterocycles. The van der Waals surface area contributed by atoms with Gasteiger partial charge in [0, 0.05) is 17.4 Å². The molecule has 1 aliphatic carbocycles. The number of carbonyl (C=O) groups excluding carboxylic acids is 2. The van der Waals surface area contributed by atoms with Gasteiger partial charge in [-0.15, -0.1) is 0 Å². The monoisotopic (exact) mass is 370 g/mol. The van der Waals surface area contributed by atoms with E-state index in [-0.39, 0.29) is 0 Å². The maximum Gasteiger partial charge on any atom is 0.340 e. The molecule has 0 radical (unpaired) electrons. The van der Waals surface area contributed by atoms with Gasteiger partial charge in [-0.25, -0.2) is 4.79 Å². The highest BCUT2D eigenvalue weighted by molar-refractivity contribution is 5.98. The normalized spacial score (nSPS) is 14.5. The van der Waals surface area contributed by atoms with Crippen molar-refractivity contribution in [1.82, 2.24) is 4.57 Å². The molecule has 3 rings (SSSR count). The van der Waals surface area contributed by atoms with Gasteiger partial charge in [0.2, 0.25) is 0 Å². The summed E-state index contributed by atoms with van der Waals surface area (Å²) in [6.07, 6.45) is 1.36. The predicted molar refractivity (Wildman–Crippen MR) is 103 cm³/mol. The van der Waals surface area contributed by atoms with Crippen molar-refractivity contribution in [3.63, 3.8) is 0 Å². The summed E-state index contributed by atoms with van der Waals surface area (Å²) in [5, 5.41) is 2.76. The molecule has 1 unspecified atom stereocenters. The number of ether oxygens (including phenoxy) is 2. The van der Waals surface area contributed by atoms with Crippen LogP contribution in [-0.2, 0) is 9.53 Å². The smallest absolute Gasteiger partial charge is 0.340 e. The van der Waals surface area contributed by atoms with Crippen LogP contribution >= 0.6 is 0 Å². The highest BCUT2D eigenvalue weighted by Gasteiger charge is 2.29. The third-order valence-electron chi connectivity index (χ3n) is 4.71. The van der Waals surface area contributed by atoms with Gasteiger partial charge in [-0.05, 0) is 58.7 Å². The summed E-state index contributed by atoms with van der Waals surface area (Å²) in [5.74, 6) is -0.290. The van der Waals surface area contributed by atoms with Crippen LogP contribution in [0, 0.1) is 13.8 Å². The van der Waals surface area contributed by atoms with E-state index in [1.807, 2.05) is 39.0 Å². The van der Waals surface area contributed by atoms with E-state index in [2.05, 4.69) is 9.88 Å². The highest BCUT2D eigenvalue weighted by Crippen LogP contribution is 2.38. The Bertz CT molecular complexity index is 852. The molecular formula is C21H26N2O4. The molecule has 27 heavy (non-hydrogen) atoms. The predicted octanol–water partition coefficient (Wildman–Crippen LogP) is 4.02. The lowest BCUT2D eigenvalue weighted by molar-refractivity contribution is -0.123. The van der Waals surface area contributed by atoms with Crippen LogP contribution in [0.15, 0.2) is 30.3 Å². The van der Waals surface area contributed by atoms with E-state index in [0.29, 0.717) is 29.6 Å². The quantitative estimate of drug-likeness (QED) is 0.747. The summed E-state index contributed by atoms with van der Waals surface area (Å²) < 4.78 is 13.1. The largest absolute Gasteiger partial charge is 0.492 e. The summed E-state index contributed by atoms with van der Waals surface area (Å²) in [6.45, 7) is 7.85. The van der Waals surface area contributed by atoms with Gasteiger partial charge in [0.05, 0.1) is 17.9 Å². The van der Waals surface area contributed by atoms with Crippen LogP contribution in [-0.4, -0.2) is 29.2 Å². The minimum Gasteiger partial charge on any atom is -0.492 e. The van der Waals surface area contributed by atoms with Crippen LogP contribution in [0.25, 0.3) is 0 Å². The fraction of sp³-hybridized carbons (Fsp3) is 0.429. The number of esters is 1. The Hall–Kier alpha value is -2.76. The second-order valence-corrected chi connectivity index (χ2v) is 6.85. The van der Waals surface area contributed by atoms with E-state index in [0.717, 1.165) is 24.2 Å². The number of para-hydroxylation sites is 2. The SMILES string of the molecule is CCOc1ccccc1NC(=O)C(C)OC(=O)c1cc(C)n(C2CC2)c1C. The van der Waals surface area contributed by atoms with Crippen molar-refractivity contribution in [3.05, 3.63) is 47.3 Å². The van der Waals surface area contributed by atoms with Gasteiger partial charge in [-0.2, -0.15) is 0 Å². The first-order valence-corrected chi connectivity index (χ1v) is 9.34. The fourth-order valence-corrected chi connectivity index (χ4v) is 3.24. The van der Waals surface area contributed by atoms with E-state index in [1.165, 1.54) is 0 Å². The van der Waals surface area contributed by atoms with E-state index >= 15 is 0 Å². The molecule has 0 aliphatic heterocycles. The third-order valence-corrected chi connectivity index (χ3v) is 4.71. The Labute approximate surface area is 159 Å². The molecule has 144 valence electrons. The van der Waals surface area contributed by atoms with Crippen LogP contribution in [0.4, 0.5) is 5.69 Å². The van der Waals surface area contributed by atoms with E-state index in [4.69, 9.17) is 9.47 Å². The van der Waals surface area contributed by atoms with Crippen molar-refractivity contribution in [2.45, 2.75) is 52.7 Å². The Morgan fingerprint density at radius 3 is 2.63 bits per heavy atom. The number of nitrogens with zero attached hydrogens (tertiary/aromatic N) is 1. The molecule has 1 heterocycles. The minimum absolute atomic E-state index is 0.397. The minimum atomic E-state index is -0.920. The van der Waals surface area contributed by atoms with Crippen LogP contribution in [0.1, 0.15) is 54.5 Å². The molecule has 6 nitrogen and oxygen atoms in total.